The third-order valence-corrected chi connectivity index (χ3v) is 4.67. The first-order valence-corrected chi connectivity index (χ1v) is 9.19. The quantitative estimate of drug-likeness (QED) is 0.701. The second-order valence-corrected chi connectivity index (χ2v) is 6.71. The standard InChI is InChI=1S/C21H23FN2O3/c22-18-7-5-17(6-8-18)20(25)9-10-21(26)24-12-2-4-19(14-24)27-15-16-3-1-11-23-13-16/h1,3,5-8,11,13,19H,2,4,9-10,12,14-15H2. The van der Waals surface area contributed by atoms with Gasteiger partial charge in [0, 0.05) is 43.9 Å². The average molecular weight is 370 g/mol. The number of carbonyl (C=O) groups excluding carboxylic acids is 2. The van der Waals surface area contributed by atoms with Gasteiger partial charge in [-0.15, -0.1) is 0 Å². The number of carbonyl (C=O) groups is 2. The first-order valence-electron chi connectivity index (χ1n) is 9.19. The van der Waals surface area contributed by atoms with Crippen molar-refractivity contribution in [1.29, 1.82) is 0 Å². The highest BCUT2D eigenvalue weighted by Gasteiger charge is 2.24. The zero-order chi connectivity index (χ0) is 19.1. The Hall–Kier alpha value is -2.60. The minimum Gasteiger partial charge on any atom is -0.372 e. The normalized spacial score (nSPS) is 16.9. The van der Waals surface area contributed by atoms with Gasteiger partial charge < -0.3 is 9.64 Å². The van der Waals surface area contributed by atoms with Crippen molar-refractivity contribution < 1.29 is 18.7 Å². The molecule has 0 bridgehead atoms. The fourth-order valence-electron chi connectivity index (χ4n) is 3.16. The molecular weight excluding hydrogens is 347 g/mol. The van der Waals surface area contributed by atoms with Gasteiger partial charge >= 0.3 is 0 Å². The molecule has 0 saturated carbocycles. The van der Waals surface area contributed by atoms with Gasteiger partial charge in [0.25, 0.3) is 0 Å². The number of amides is 1. The molecule has 1 amide bonds. The number of aromatic nitrogens is 1. The van der Waals surface area contributed by atoms with Gasteiger partial charge in [-0.2, -0.15) is 0 Å². The van der Waals surface area contributed by atoms with E-state index in [4.69, 9.17) is 4.74 Å². The Morgan fingerprint density at radius 3 is 2.74 bits per heavy atom. The Bertz CT molecular complexity index is 765. The summed E-state index contributed by atoms with van der Waals surface area (Å²) in [7, 11) is 0. The Morgan fingerprint density at radius 1 is 1.19 bits per heavy atom. The van der Waals surface area contributed by atoms with Crippen LogP contribution in [0.1, 0.15) is 41.6 Å². The third-order valence-electron chi connectivity index (χ3n) is 4.67. The second kappa shape index (κ2) is 9.37. The molecule has 1 aliphatic heterocycles. The van der Waals surface area contributed by atoms with Crippen LogP contribution in [0.2, 0.25) is 0 Å². The summed E-state index contributed by atoms with van der Waals surface area (Å²) in [5, 5.41) is 0. The van der Waals surface area contributed by atoms with Crippen molar-refractivity contribution in [2.75, 3.05) is 13.1 Å². The van der Waals surface area contributed by atoms with Gasteiger partial charge in [0.2, 0.25) is 5.91 Å². The minimum absolute atomic E-state index is 0.00398. The number of halogens is 1. The van der Waals surface area contributed by atoms with E-state index in [1.165, 1.54) is 24.3 Å². The van der Waals surface area contributed by atoms with E-state index in [2.05, 4.69) is 4.98 Å². The molecule has 1 atom stereocenters. The maximum absolute atomic E-state index is 12.9. The molecule has 3 rings (SSSR count). The summed E-state index contributed by atoms with van der Waals surface area (Å²) in [5.41, 5.74) is 1.44. The summed E-state index contributed by atoms with van der Waals surface area (Å²) in [6, 6.07) is 9.23. The molecule has 2 heterocycles. The summed E-state index contributed by atoms with van der Waals surface area (Å²) in [6.07, 6.45) is 5.57. The fraction of sp³-hybridized carbons (Fsp3) is 0.381. The van der Waals surface area contributed by atoms with Gasteiger partial charge in [-0.3, -0.25) is 14.6 Å². The van der Waals surface area contributed by atoms with E-state index < -0.39 is 0 Å². The van der Waals surface area contributed by atoms with E-state index in [1.54, 1.807) is 17.3 Å². The molecule has 1 aromatic carbocycles. The van der Waals surface area contributed by atoms with Crippen molar-refractivity contribution in [1.82, 2.24) is 9.88 Å². The van der Waals surface area contributed by atoms with Crippen LogP contribution >= 0.6 is 0 Å². The predicted molar refractivity (Wildman–Crippen MR) is 98.6 cm³/mol. The highest BCUT2D eigenvalue weighted by atomic mass is 19.1. The summed E-state index contributed by atoms with van der Waals surface area (Å²) in [4.78, 5) is 30.4. The number of pyridine rings is 1. The van der Waals surface area contributed by atoms with Gasteiger partial charge in [-0.05, 0) is 48.7 Å². The van der Waals surface area contributed by atoms with Crippen LogP contribution in [-0.4, -0.2) is 40.8 Å². The van der Waals surface area contributed by atoms with Crippen LogP contribution < -0.4 is 0 Å². The number of hydrogen-bond acceptors (Lipinski definition) is 4. The third kappa shape index (κ3) is 5.69. The lowest BCUT2D eigenvalue weighted by molar-refractivity contribution is -0.135. The van der Waals surface area contributed by atoms with E-state index in [9.17, 15) is 14.0 Å². The van der Waals surface area contributed by atoms with Crippen LogP contribution in [0.25, 0.3) is 0 Å². The maximum atomic E-state index is 12.9. The number of benzene rings is 1. The Kier molecular flexibility index (Phi) is 6.65. The monoisotopic (exact) mass is 370 g/mol. The molecule has 0 N–H and O–H groups in total. The second-order valence-electron chi connectivity index (χ2n) is 6.71. The minimum atomic E-state index is -0.381. The average Bonchev–Trinajstić information content (AvgIpc) is 2.72. The number of rotatable bonds is 7. The number of nitrogens with zero attached hydrogens (tertiary/aromatic N) is 2. The van der Waals surface area contributed by atoms with Crippen LogP contribution in [0.15, 0.2) is 48.8 Å². The summed E-state index contributed by atoms with van der Waals surface area (Å²) < 4.78 is 18.8. The van der Waals surface area contributed by atoms with E-state index in [0.29, 0.717) is 25.3 Å². The number of hydrogen-bond donors (Lipinski definition) is 0. The van der Waals surface area contributed by atoms with Gasteiger partial charge in [0.05, 0.1) is 12.7 Å². The molecule has 6 heteroatoms. The largest absolute Gasteiger partial charge is 0.372 e. The molecular formula is C21H23FN2O3. The zero-order valence-corrected chi connectivity index (χ0v) is 15.1. The molecule has 0 radical (unpaired) electrons. The van der Waals surface area contributed by atoms with Crippen LogP contribution in [0.5, 0.6) is 0 Å². The molecule has 1 fully saturated rings. The highest BCUT2D eigenvalue weighted by Crippen LogP contribution is 2.17. The molecule has 1 unspecified atom stereocenters. The molecule has 0 aliphatic carbocycles. The SMILES string of the molecule is O=C(CCC(=O)N1CCCC(OCc2cccnc2)C1)c1ccc(F)cc1. The molecule has 2 aromatic rings. The van der Waals surface area contributed by atoms with Crippen LogP contribution in [0.4, 0.5) is 4.39 Å². The van der Waals surface area contributed by atoms with Gasteiger partial charge in [0.15, 0.2) is 5.78 Å². The molecule has 1 aliphatic rings. The summed E-state index contributed by atoms with van der Waals surface area (Å²) >= 11 is 0. The number of piperidine rings is 1. The Labute approximate surface area is 158 Å². The molecule has 1 aromatic heterocycles. The lowest BCUT2D eigenvalue weighted by Gasteiger charge is -2.32. The molecule has 0 spiro atoms. The molecule has 1 saturated heterocycles. The number of ether oxygens (including phenoxy) is 1. The summed E-state index contributed by atoms with van der Waals surface area (Å²) in [6.45, 7) is 1.71. The zero-order valence-electron chi connectivity index (χ0n) is 15.1. The lowest BCUT2D eigenvalue weighted by atomic mass is 10.0. The Morgan fingerprint density at radius 2 is 2.00 bits per heavy atom. The van der Waals surface area contributed by atoms with Crippen molar-refractivity contribution in [2.24, 2.45) is 0 Å². The molecule has 142 valence electrons. The molecule has 27 heavy (non-hydrogen) atoms. The van der Waals surface area contributed by atoms with Crippen molar-refractivity contribution >= 4 is 11.7 Å². The first-order chi connectivity index (χ1) is 13.1. The van der Waals surface area contributed by atoms with E-state index >= 15 is 0 Å². The van der Waals surface area contributed by atoms with Crippen LogP contribution in [0, 0.1) is 5.82 Å². The predicted octanol–water partition coefficient (Wildman–Crippen LogP) is 3.39. The first kappa shape index (κ1) is 19.2. The molecule has 5 nitrogen and oxygen atoms in total. The smallest absolute Gasteiger partial charge is 0.223 e. The Balaban J connectivity index is 1.45. The van der Waals surface area contributed by atoms with Crippen molar-refractivity contribution in [3.63, 3.8) is 0 Å². The van der Waals surface area contributed by atoms with Gasteiger partial charge in [0.1, 0.15) is 5.82 Å². The van der Waals surface area contributed by atoms with Crippen LogP contribution in [0.3, 0.4) is 0 Å². The van der Waals surface area contributed by atoms with E-state index in [-0.39, 0.29) is 36.5 Å². The van der Waals surface area contributed by atoms with Crippen molar-refractivity contribution in [2.45, 2.75) is 38.4 Å². The highest BCUT2D eigenvalue weighted by molar-refractivity contribution is 5.97. The maximum Gasteiger partial charge on any atom is 0.223 e. The lowest BCUT2D eigenvalue weighted by Crippen LogP contribution is -2.43. The van der Waals surface area contributed by atoms with Crippen molar-refractivity contribution in [3.05, 3.63) is 65.7 Å². The van der Waals surface area contributed by atoms with Crippen LogP contribution in [-0.2, 0) is 16.1 Å². The number of Topliss-reactive ketones (excluding diaryl/α,β-unsaturated/α-hetero) is 1. The van der Waals surface area contributed by atoms with Gasteiger partial charge in [-0.1, -0.05) is 6.07 Å². The van der Waals surface area contributed by atoms with Crippen molar-refractivity contribution in [3.8, 4) is 0 Å². The number of ketones is 1. The van der Waals surface area contributed by atoms with E-state index in [0.717, 1.165) is 18.4 Å². The van der Waals surface area contributed by atoms with Gasteiger partial charge in [-0.25, -0.2) is 4.39 Å². The topological polar surface area (TPSA) is 59.5 Å². The fourth-order valence-corrected chi connectivity index (χ4v) is 3.16. The summed E-state index contributed by atoms with van der Waals surface area (Å²) in [5.74, 6) is -0.571. The van der Waals surface area contributed by atoms with E-state index in [1.807, 2.05) is 12.1 Å². The number of likely N-dealkylation sites (tertiary alicyclic amines) is 1.